The Morgan fingerprint density at radius 1 is 1.16 bits per heavy atom. The number of benzene rings is 1. The number of furan rings is 1. The zero-order valence-electron chi connectivity index (χ0n) is 14.4. The highest BCUT2D eigenvalue weighted by Gasteiger charge is 2.13. The van der Waals surface area contributed by atoms with E-state index in [9.17, 15) is 4.79 Å². The quantitative estimate of drug-likeness (QED) is 0.716. The minimum Gasteiger partial charge on any atom is -0.468 e. The molecular weight excluding hydrogens is 318 g/mol. The maximum absolute atomic E-state index is 11.6. The molecule has 6 heteroatoms. The van der Waals surface area contributed by atoms with Crippen LogP contribution in [-0.2, 0) is 19.6 Å². The summed E-state index contributed by atoms with van der Waals surface area (Å²) < 4.78 is 10.6. The summed E-state index contributed by atoms with van der Waals surface area (Å²) >= 11 is 0. The maximum atomic E-state index is 11.6. The molecule has 3 rings (SSSR count). The molecule has 3 aromatic rings. The van der Waals surface area contributed by atoms with Gasteiger partial charge in [-0.15, -0.1) is 0 Å². The number of carbonyl (C=O) groups is 1. The second kappa shape index (κ2) is 7.81. The molecule has 1 amide bonds. The molecule has 130 valence electrons. The van der Waals surface area contributed by atoms with Crippen molar-refractivity contribution < 1.29 is 13.7 Å². The van der Waals surface area contributed by atoms with Crippen molar-refractivity contribution in [2.24, 2.45) is 0 Å². The molecule has 0 atom stereocenters. The molecular formula is C19H21N3O3. The SMILES string of the molecule is CNC(=O)c1ccc(CN(Cc2cc(C)on2)Cc2ccco2)cc1. The van der Waals surface area contributed by atoms with Crippen LogP contribution in [0.4, 0.5) is 0 Å². The molecule has 2 aromatic heterocycles. The van der Waals surface area contributed by atoms with E-state index < -0.39 is 0 Å². The van der Waals surface area contributed by atoms with Crippen LogP contribution in [-0.4, -0.2) is 23.0 Å². The first-order chi connectivity index (χ1) is 12.1. The highest BCUT2D eigenvalue weighted by Crippen LogP contribution is 2.15. The van der Waals surface area contributed by atoms with Gasteiger partial charge < -0.3 is 14.3 Å². The summed E-state index contributed by atoms with van der Waals surface area (Å²) in [5.41, 5.74) is 2.64. The van der Waals surface area contributed by atoms with Crippen LogP contribution in [0.15, 0.2) is 57.7 Å². The second-order valence-electron chi connectivity index (χ2n) is 5.93. The molecule has 0 spiro atoms. The lowest BCUT2D eigenvalue weighted by molar-refractivity contribution is 0.0963. The van der Waals surface area contributed by atoms with Crippen LogP contribution >= 0.6 is 0 Å². The van der Waals surface area contributed by atoms with Crippen LogP contribution in [0, 0.1) is 6.92 Å². The fraction of sp³-hybridized carbons (Fsp3) is 0.263. The average molecular weight is 339 g/mol. The van der Waals surface area contributed by atoms with Crippen molar-refractivity contribution in [3.05, 3.63) is 77.1 Å². The fourth-order valence-electron chi connectivity index (χ4n) is 2.68. The number of aromatic nitrogens is 1. The minimum absolute atomic E-state index is 0.0861. The van der Waals surface area contributed by atoms with Gasteiger partial charge in [0, 0.05) is 31.8 Å². The molecule has 0 fully saturated rings. The van der Waals surface area contributed by atoms with Crippen molar-refractivity contribution in [2.45, 2.75) is 26.6 Å². The Labute approximate surface area is 146 Å². The van der Waals surface area contributed by atoms with Crippen molar-refractivity contribution in [1.29, 1.82) is 0 Å². The highest BCUT2D eigenvalue weighted by atomic mass is 16.5. The molecule has 0 saturated heterocycles. The van der Waals surface area contributed by atoms with Crippen LogP contribution in [0.3, 0.4) is 0 Å². The Kier molecular flexibility index (Phi) is 5.30. The molecule has 1 aromatic carbocycles. The van der Waals surface area contributed by atoms with Crippen LogP contribution < -0.4 is 5.32 Å². The second-order valence-corrected chi connectivity index (χ2v) is 5.93. The Hall–Kier alpha value is -2.86. The third kappa shape index (κ3) is 4.58. The summed E-state index contributed by atoms with van der Waals surface area (Å²) in [6, 6.07) is 13.4. The van der Waals surface area contributed by atoms with Gasteiger partial charge in [-0.1, -0.05) is 17.3 Å². The van der Waals surface area contributed by atoms with Gasteiger partial charge in [-0.05, 0) is 36.8 Å². The molecule has 6 nitrogen and oxygen atoms in total. The zero-order chi connectivity index (χ0) is 17.6. The highest BCUT2D eigenvalue weighted by molar-refractivity contribution is 5.93. The van der Waals surface area contributed by atoms with E-state index in [2.05, 4.69) is 15.4 Å². The number of carbonyl (C=O) groups excluding carboxylic acids is 1. The van der Waals surface area contributed by atoms with Crippen LogP contribution in [0.2, 0.25) is 0 Å². The van der Waals surface area contributed by atoms with E-state index in [0.717, 1.165) is 22.8 Å². The number of hydrogen-bond donors (Lipinski definition) is 1. The zero-order valence-corrected chi connectivity index (χ0v) is 14.4. The Bertz CT molecular complexity index is 807. The Morgan fingerprint density at radius 2 is 1.96 bits per heavy atom. The lowest BCUT2D eigenvalue weighted by atomic mass is 10.1. The number of rotatable bonds is 7. The van der Waals surface area contributed by atoms with Gasteiger partial charge in [0.1, 0.15) is 11.5 Å². The summed E-state index contributed by atoms with van der Waals surface area (Å²) in [6.07, 6.45) is 1.67. The smallest absolute Gasteiger partial charge is 0.251 e. The van der Waals surface area contributed by atoms with Gasteiger partial charge in [-0.2, -0.15) is 0 Å². The molecule has 0 saturated carbocycles. The van der Waals surface area contributed by atoms with Crippen molar-refractivity contribution in [3.63, 3.8) is 0 Å². The van der Waals surface area contributed by atoms with Crippen LogP contribution in [0.1, 0.15) is 33.1 Å². The van der Waals surface area contributed by atoms with Crippen molar-refractivity contribution >= 4 is 5.91 Å². The summed E-state index contributed by atoms with van der Waals surface area (Å²) in [6.45, 7) is 3.90. The standard InChI is InChI=1S/C19H21N3O3/c1-14-10-17(21-25-14)12-22(13-18-4-3-9-24-18)11-15-5-7-16(8-6-15)19(23)20-2/h3-10H,11-13H2,1-2H3,(H,20,23). The molecule has 2 heterocycles. The van der Waals surface area contributed by atoms with E-state index in [1.807, 2.05) is 49.4 Å². The number of aryl methyl sites for hydroxylation is 1. The van der Waals surface area contributed by atoms with Gasteiger partial charge in [-0.3, -0.25) is 9.69 Å². The van der Waals surface area contributed by atoms with Gasteiger partial charge in [-0.25, -0.2) is 0 Å². The van der Waals surface area contributed by atoms with Gasteiger partial charge >= 0.3 is 0 Å². The number of nitrogens with zero attached hydrogens (tertiary/aromatic N) is 2. The number of hydrogen-bond acceptors (Lipinski definition) is 5. The first-order valence-corrected chi connectivity index (χ1v) is 8.12. The molecule has 1 N–H and O–H groups in total. The average Bonchev–Trinajstić information content (AvgIpc) is 3.26. The van der Waals surface area contributed by atoms with Crippen molar-refractivity contribution in [1.82, 2.24) is 15.4 Å². The van der Waals surface area contributed by atoms with E-state index in [-0.39, 0.29) is 5.91 Å². The molecule has 25 heavy (non-hydrogen) atoms. The lowest BCUT2D eigenvalue weighted by Crippen LogP contribution is -2.22. The van der Waals surface area contributed by atoms with E-state index in [1.165, 1.54) is 0 Å². The van der Waals surface area contributed by atoms with Gasteiger partial charge in [0.05, 0.1) is 18.5 Å². The largest absolute Gasteiger partial charge is 0.468 e. The lowest BCUT2D eigenvalue weighted by Gasteiger charge is -2.20. The summed E-state index contributed by atoms with van der Waals surface area (Å²) in [5.74, 6) is 1.60. The molecule has 0 radical (unpaired) electrons. The van der Waals surface area contributed by atoms with E-state index in [4.69, 9.17) is 8.94 Å². The van der Waals surface area contributed by atoms with Gasteiger partial charge in [0.25, 0.3) is 5.91 Å². The molecule has 0 aliphatic heterocycles. The van der Waals surface area contributed by atoms with Crippen molar-refractivity contribution in [2.75, 3.05) is 7.05 Å². The Balaban J connectivity index is 1.73. The molecule has 0 unspecified atom stereocenters. The third-order valence-electron chi connectivity index (χ3n) is 3.87. The van der Waals surface area contributed by atoms with Crippen LogP contribution in [0.5, 0.6) is 0 Å². The first kappa shape index (κ1) is 17.0. The molecule has 0 aliphatic carbocycles. The third-order valence-corrected chi connectivity index (χ3v) is 3.87. The predicted molar refractivity (Wildman–Crippen MR) is 92.7 cm³/mol. The normalized spacial score (nSPS) is 11.0. The summed E-state index contributed by atoms with van der Waals surface area (Å²) in [7, 11) is 1.63. The number of amides is 1. The van der Waals surface area contributed by atoms with Crippen LogP contribution in [0.25, 0.3) is 0 Å². The van der Waals surface area contributed by atoms with E-state index in [0.29, 0.717) is 25.2 Å². The van der Waals surface area contributed by atoms with E-state index >= 15 is 0 Å². The maximum Gasteiger partial charge on any atom is 0.251 e. The monoisotopic (exact) mass is 339 g/mol. The number of nitrogens with one attached hydrogen (secondary N) is 1. The fourth-order valence-corrected chi connectivity index (χ4v) is 2.68. The predicted octanol–water partition coefficient (Wildman–Crippen LogP) is 3.14. The first-order valence-electron chi connectivity index (χ1n) is 8.12. The Morgan fingerprint density at radius 3 is 2.56 bits per heavy atom. The summed E-state index contributed by atoms with van der Waals surface area (Å²) in [5, 5.41) is 6.70. The van der Waals surface area contributed by atoms with Gasteiger partial charge in [0.15, 0.2) is 0 Å². The molecule has 0 aliphatic rings. The minimum atomic E-state index is -0.0861. The van der Waals surface area contributed by atoms with Crippen molar-refractivity contribution in [3.8, 4) is 0 Å². The van der Waals surface area contributed by atoms with E-state index in [1.54, 1.807) is 13.3 Å². The van der Waals surface area contributed by atoms with Gasteiger partial charge in [0.2, 0.25) is 0 Å². The summed E-state index contributed by atoms with van der Waals surface area (Å²) in [4.78, 5) is 13.9. The topological polar surface area (TPSA) is 71.5 Å². The molecule has 0 bridgehead atoms.